The fraction of sp³-hybridized carbons (Fsp3) is 0.235. The molecule has 2 aromatic carbocycles. The van der Waals surface area contributed by atoms with Crippen molar-refractivity contribution >= 4 is 21.6 Å². The van der Waals surface area contributed by atoms with Crippen molar-refractivity contribution in [3.63, 3.8) is 0 Å². The van der Waals surface area contributed by atoms with E-state index in [4.69, 9.17) is 0 Å². The molecule has 0 bridgehead atoms. The molecule has 0 aliphatic carbocycles. The molecule has 3 aromatic rings. The first-order valence-electron chi connectivity index (χ1n) is 6.66. The Balaban J connectivity index is 0.000000637. The molecule has 0 spiro atoms. The molecule has 1 heterocycles. The molecule has 2 heteroatoms. The van der Waals surface area contributed by atoms with Crippen LogP contribution >= 0.6 is 11.3 Å². The second-order valence-electron chi connectivity index (χ2n) is 4.36. The molecule has 0 aliphatic heterocycles. The molecule has 0 amide bonds. The molecule has 98 valence electrons. The topological polar surface area (TPSA) is 12.9 Å². The number of hydrogen-bond acceptors (Lipinski definition) is 2. The second kappa shape index (κ2) is 5.98. The molecule has 1 aromatic heterocycles. The molecule has 0 saturated carbocycles. The Hall–Kier alpha value is -1.67. The quantitative estimate of drug-likeness (QED) is 0.560. The molecule has 0 aliphatic rings. The van der Waals surface area contributed by atoms with Crippen LogP contribution in [0.4, 0.5) is 0 Å². The number of aryl methyl sites for hydroxylation is 2. The summed E-state index contributed by atoms with van der Waals surface area (Å²) >= 11 is 1.76. The van der Waals surface area contributed by atoms with E-state index in [0.717, 1.165) is 10.5 Å². The van der Waals surface area contributed by atoms with Crippen LogP contribution in [0, 0.1) is 13.8 Å². The van der Waals surface area contributed by atoms with Gasteiger partial charge in [0.1, 0.15) is 5.01 Å². The molecule has 1 nitrogen and oxygen atoms in total. The lowest BCUT2D eigenvalue weighted by Gasteiger charge is -1.95. The molecule has 3 rings (SSSR count). The number of nitrogens with zero attached hydrogens (tertiary/aromatic N) is 1. The number of fused-ring (bicyclic) bond motifs is 1. The van der Waals surface area contributed by atoms with Crippen molar-refractivity contribution in [2.45, 2.75) is 27.7 Å². The van der Waals surface area contributed by atoms with Crippen molar-refractivity contribution in [3.8, 4) is 10.6 Å². The third kappa shape index (κ3) is 3.02. The van der Waals surface area contributed by atoms with Crippen molar-refractivity contribution in [1.29, 1.82) is 0 Å². The molecule has 0 unspecified atom stereocenters. The fourth-order valence-corrected chi connectivity index (χ4v) is 2.92. The number of thiazole rings is 1. The van der Waals surface area contributed by atoms with Gasteiger partial charge in [0.15, 0.2) is 0 Å². The van der Waals surface area contributed by atoms with Crippen molar-refractivity contribution < 1.29 is 0 Å². The number of benzene rings is 2. The summed E-state index contributed by atoms with van der Waals surface area (Å²) in [5.41, 5.74) is 4.87. The average molecular weight is 269 g/mol. The van der Waals surface area contributed by atoms with E-state index in [0.29, 0.717) is 0 Å². The largest absolute Gasteiger partial charge is 0.236 e. The van der Waals surface area contributed by atoms with Gasteiger partial charge in [-0.2, -0.15) is 0 Å². The van der Waals surface area contributed by atoms with Gasteiger partial charge in [0, 0.05) is 5.56 Å². The molecular weight excluding hydrogens is 250 g/mol. The number of aromatic nitrogens is 1. The molecule has 0 saturated heterocycles. The summed E-state index contributed by atoms with van der Waals surface area (Å²) in [5, 5.41) is 1.10. The van der Waals surface area contributed by atoms with Gasteiger partial charge in [-0.15, -0.1) is 11.3 Å². The van der Waals surface area contributed by atoms with E-state index in [1.807, 2.05) is 13.8 Å². The molecule has 0 atom stereocenters. The van der Waals surface area contributed by atoms with Crippen LogP contribution in [0.15, 0.2) is 42.5 Å². The van der Waals surface area contributed by atoms with E-state index >= 15 is 0 Å². The minimum absolute atomic E-state index is 1.09. The predicted molar refractivity (Wildman–Crippen MR) is 85.9 cm³/mol. The minimum atomic E-state index is 1.09. The van der Waals surface area contributed by atoms with Gasteiger partial charge < -0.3 is 0 Å². The Morgan fingerprint density at radius 3 is 2.16 bits per heavy atom. The first-order valence-corrected chi connectivity index (χ1v) is 7.48. The average Bonchev–Trinajstić information content (AvgIpc) is 2.84. The van der Waals surface area contributed by atoms with Crippen LogP contribution in [0.5, 0.6) is 0 Å². The third-order valence-corrected chi connectivity index (χ3v) is 3.91. The third-order valence-electron chi connectivity index (χ3n) is 2.84. The van der Waals surface area contributed by atoms with Crippen molar-refractivity contribution in [3.05, 3.63) is 53.6 Å². The van der Waals surface area contributed by atoms with Crippen LogP contribution in [0.1, 0.15) is 25.0 Å². The van der Waals surface area contributed by atoms with Crippen LogP contribution in [0.25, 0.3) is 20.8 Å². The second-order valence-corrected chi connectivity index (χ2v) is 5.39. The molecular formula is C17H19NS. The molecule has 0 fully saturated rings. The summed E-state index contributed by atoms with van der Waals surface area (Å²) in [6.45, 7) is 8.22. The van der Waals surface area contributed by atoms with E-state index in [-0.39, 0.29) is 0 Å². The normalized spacial score (nSPS) is 10.1. The summed E-state index contributed by atoms with van der Waals surface area (Å²) in [6, 6.07) is 14.9. The first-order chi connectivity index (χ1) is 9.22. The van der Waals surface area contributed by atoms with Crippen molar-refractivity contribution in [1.82, 2.24) is 4.98 Å². The van der Waals surface area contributed by atoms with E-state index in [1.165, 1.54) is 21.4 Å². The van der Waals surface area contributed by atoms with Gasteiger partial charge in [0.2, 0.25) is 0 Å². The summed E-state index contributed by atoms with van der Waals surface area (Å²) in [6.07, 6.45) is 0. The maximum absolute atomic E-state index is 4.67. The van der Waals surface area contributed by atoms with Crippen LogP contribution in [0.3, 0.4) is 0 Å². The summed E-state index contributed by atoms with van der Waals surface area (Å²) in [4.78, 5) is 4.67. The monoisotopic (exact) mass is 269 g/mol. The fourth-order valence-electron chi connectivity index (χ4n) is 1.85. The zero-order chi connectivity index (χ0) is 13.8. The highest BCUT2D eigenvalue weighted by molar-refractivity contribution is 7.21. The van der Waals surface area contributed by atoms with Gasteiger partial charge in [-0.25, -0.2) is 4.98 Å². The molecule has 0 radical (unpaired) electrons. The lowest BCUT2D eigenvalue weighted by Crippen LogP contribution is -1.76. The standard InChI is InChI=1S/C15H13NS.C2H6/c1-10-3-6-12(7-4-10)15-16-13-8-5-11(2)9-14(13)17-15;1-2/h3-9H,1-2H3;1-2H3. The Morgan fingerprint density at radius 2 is 1.47 bits per heavy atom. The number of hydrogen-bond donors (Lipinski definition) is 0. The zero-order valence-corrected chi connectivity index (χ0v) is 12.7. The highest BCUT2D eigenvalue weighted by atomic mass is 32.1. The molecule has 19 heavy (non-hydrogen) atoms. The summed E-state index contributed by atoms with van der Waals surface area (Å²) < 4.78 is 1.26. The summed E-state index contributed by atoms with van der Waals surface area (Å²) in [7, 11) is 0. The van der Waals surface area contributed by atoms with Gasteiger partial charge in [-0.1, -0.05) is 49.7 Å². The van der Waals surface area contributed by atoms with Crippen LogP contribution < -0.4 is 0 Å². The SMILES string of the molecule is CC.Cc1ccc(-c2nc3ccc(C)cc3s2)cc1. The lowest BCUT2D eigenvalue weighted by molar-refractivity contribution is 1.43. The maximum Gasteiger partial charge on any atom is 0.124 e. The minimum Gasteiger partial charge on any atom is -0.236 e. The Labute approximate surface area is 118 Å². The van der Waals surface area contributed by atoms with E-state index in [9.17, 15) is 0 Å². The Morgan fingerprint density at radius 1 is 0.842 bits per heavy atom. The highest BCUT2D eigenvalue weighted by Gasteiger charge is 2.05. The van der Waals surface area contributed by atoms with Crippen LogP contribution in [-0.2, 0) is 0 Å². The van der Waals surface area contributed by atoms with Crippen molar-refractivity contribution in [2.24, 2.45) is 0 Å². The smallest absolute Gasteiger partial charge is 0.124 e. The Kier molecular flexibility index (Phi) is 4.33. The lowest BCUT2D eigenvalue weighted by atomic mass is 10.2. The van der Waals surface area contributed by atoms with E-state index in [1.54, 1.807) is 11.3 Å². The van der Waals surface area contributed by atoms with Gasteiger partial charge in [-0.3, -0.25) is 0 Å². The maximum atomic E-state index is 4.67. The van der Waals surface area contributed by atoms with Gasteiger partial charge in [-0.05, 0) is 31.5 Å². The van der Waals surface area contributed by atoms with E-state index < -0.39 is 0 Å². The first kappa shape index (κ1) is 13.8. The van der Waals surface area contributed by atoms with E-state index in [2.05, 4.69) is 61.3 Å². The van der Waals surface area contributed by atoms with Gasteiger partial charge >= 0.3 is 0 Å². The van der Waals surface area contributed by atoms with Crippen LogP contribution in [0.2, 0.25) is 0 Å². The number of rotatable bonds is 1. The summed E-state index contributed by atoms with van der Waals surface area (Å²) in [5.74, 6) is 0. The van der Waals surface area contributed by atoms with Gasteiger partial charge in [0.25, 0.3) is 0 Å². The molecule has 0 N–H and O–H groups in total. The van der Waals surface area contributed by atoms with Gasteiger partial charge in [0.05, 0.1) is 10.2 Å². The highest BCUT2D eigenvalue weighted by Crippen LogP contribution is 2.30. The van der Waals surface area contributed by atoms with Crippen molar-refractivity contribution in [2.75, 3.05) is 0 Å². The van der Waals surface area contributed by atoms with Crippen LogP contribution in [-0.4, -0.2) is 4.98 Å². The zero-order valence-electron chi connectivity index (χ0n) is 11.9. The predicted octanol–water partition coefficient (Wildman–Crippen LogP) is 5.61. The Bertz CT molecular complexity index is 665.